The Morgan fingerprint density at radius 1 is 2.14 bits per heavy atom. The standard InChI is InChI=1S/C7H10/c1-7-5-3-2-4-6-7/h2-3,5H,4,6H2,1H3/i1D3,3D,5D,6D. The van der Waals surface area contributed by atoms with E-state index < -0.39 is 13.2 Å². The summed E-state index contributed by atoms with van der Waals surface area (Å²) in [4.78, 5) is 0. The van der Waals surface area contributed by atoms with Gasteiger partial charge < -0.3 is 0 Å². The Bertz CT molecular complexity index is 271. The molecule has 0 heterocycles. The minimum absolute atomic E-state index is 0.0883. The maximum absolute atomic E-state index is 7.44. The monoisotopic (exact) mass is 100 g/mol. The maximum Gasteiger partial charge on any atom is 0.0622 e. The van der Waals surface area contributed by atoms with E-state index in [9.17, 15) is 0 Å². The lowest BCUT2D eigenvalue weighted by Gasteiger charge is -1.98. The molecule has 0 nitrogen and oxygen atoms in total. The van der Waals surface area contributed by atoms with Gasteiger partial charge in [0.1, 0.15) is 0 Å². The number of hydrogen-bond donors (Lipinski definition) is 0. The van der Waals surface area contributed by atoms with Crippen molar-refractivity contribution in [3.05, 3.63) is 23.8 Å². The first kappa shape index (κ1) is 1.25. The Balaban J connectivity index is 3.15. The summed E-state index contributed by atoms with van der Waals surface area (Å²) in [5, 5.41) is 0. The van der Waals surface area contributed by atoms with Gasteiger partial charge in [-0.25, -0.2) is 0 Å². The Kier molecular flexibility index (Phi) is 0.351. The molecular formula is C7H10. The van der Waals surface area contributed by atoms with Crippen LogP contribution in [0.5, 0.6) is 0 Å². The zero-order valence-electron chi connectivity index (χ0n) is 9.86. The zero-order chi connectivity index (χ0) is 10.2. The van der Waals surface area contributed by atoms with Crippen LogP contribution in [0.1, 0.15) is 27.9 Å². The van der Waals surface area contributed by atoms with Crippen molar-refractivity contribution < 1.29 is 8.22 Å². The molecule has 1 unspecified atom stereocenters. The van der Waals surface area contributed by atoms with Crippen LogP contribution in [-0.2, 0) is 0 Å². The van der Waals surface area contributed by atoms with E-state index in [1.807, 2.05) is 0 Å². The van der Waals surface area contributed by atoms with Gasteiger partial charge in [0, 0.05) is 5.48 Å². The quantitative estimate of drug-likeness (QED) is 0.438. The third-order valence-corrected chi connectivity index (χ3v) is 0.749. The third kappa shape index (κ3) is 1.19. The van der Waals surface area contributed by atoms with Crippen LogP contribution < -0.4 is 0 Å². The summed E-state index contributed by atoms with van der Waals surface area (Å²) in [6, 6.07) is -0.402. The lowest BCUT2D eigenvalue weighted by atomic mass is 10.1. The molecular weight excluding hydrogens is 84.1 g/mol. The highest BCUT2D eigenvalue weighted by Gasteiger charge is 1.88. The third-order valence-electron chi connectivity index (χ3n) is 0.749. The summed E-state index contributed by atoms with van der Waals surface area (Å²) >= 11 is 0. The van der Waals surface area contributed by atoms with Crippen LogP contribution in [0.25, 0.3) is 0 Å². The zero-order valence-corrected chi connectivity index (χ0v) is 3.86. The van der Waals surface area contributed by atoms with E-state index >= 15 is 0 Å². The van der Waals surface area contributed by atoms with Crippen molar-refractivity contribution >= 4 is 0 Å². The molecule has 0 fully saturated rings. The molecule has 1 atom stereocenters. The highest BCUT2D eigenvalue weighted by Crippen LogP contribution is 2.08. The van der Waals surface area contributed by atoms with E-state index in [2.05, 4.69) is 0 Å². The van der Waals surface area contributed by atoms with Crippen LogP contribution in [0.3, 0.4) is 0 Å². The summed E-state index contributed by atoms with van der Waals surface area (Å²) in [7, 11) is 0. The second kappa shape index (κ2) is 1.97. The van der Waals surface area contributed by atoms with Crippen LogP contribution >= 0.6 is 0 Å². The van der Waals surface area contributed by atoms with Crippen LogP contribution in [0.2, 0.25) is 0 Å². The molecule has 1 aliphatic carbocycles. The van der Waals surface area contributed by atoms with E-state index in [0.717, 1.165) is 0 Å². The van der Waals surface area contributed by atoms with Gasteiger partial charge in [0.25, 0.3) is 0 Å². The summed E-state index contributed by atoms with van der Waals surface area (Å²) in [6.45, 7) is -2.41. The SMILES string of the molecule is [2H]C1=CCC([2H])C(C([2H])([2H])[2H])=C1[2H]. The van der Waals surface area contributed by atoms with Gasteiger partial charge in [-0.05, 0) is 19.7 Å². The Hall–Kier alpha value is -0.520. The van der Waals surface area contributed by atoms with Gasteiger partial charge in [-0.1, -0.05) is 23.8 Å². The molecule has 0 aromatic carbocycles. The second-order valence-electron chi connectivity index (χ2n) is 1.33. The predicted octanol–water partition coefficient (Wildman–Crippen LogP) is 2.28. The summed E-state index contributed by atoms with van der Waals surface area (Å²) < 4.78 is 43.4. The molecule has 7 heavy (non-hydrogen) atoms. The van der Waals surface area contributed by atoms with Crippen molar-refractivity contribution in [2.24, 2.45) is 0 Å². The van der Waals surface area contributed by atoms with Crippen molar-refractivity contribution in [1.29, 1.82) is 0 Å². The second-order valence-corrected chi connectivity index (χ2v) is 1.33. The molecule has 1 aliphatic rings. The predicted molar refractivity (Wildman–Crippen MR) is 32.1 cm³/mol. The minimum Gasteiger partial charge on any atom is -0.0842 e. The van der Waals surface area contributed by atoms with Gasteiger partial charge in [0.15, 0.2) is 0 Å². The molecule has 0 saturated heterocycles. The minimum atomic E-state index is -2.41. The van der Waals surface area contributed by atoms with E-state index in [4.69, 9.17) is 8.22 Å². The van der Waals surface area contributed by atoms with E-state index in [1.165, 1.54) is 6.08 Å². The topological polar surface area (TPSA) is 0 Å². The first-order chi connectivity index (χ1) is 5.84. The molecule has 0 spiro atoms. The normalized spacial score (nSPS) is 46.9. The molecule has 0 aliphatic heterocycles. The molecule has 0 heteroatoms. The van der Waals surface area contributed by atoms with Crippen molar-refractivity contribution in [3.63, 3.8) is 0 Å². The molecule has 0 amide bonds. The van der Waals surface area contributed by atoms with Gasteiger partial charge in [-0.2, -0.15) is 0 Å². The van der Waals surface area contributed by atoms with Crippen molar-refractivity contribution in [2.75, 3.05) is 0 Å². The fraction of sp³-hybridized carbons (Fsp3) is 0.429. The van der Waals surface area contributed by atoms with Gasteiger partial charge in [0.05, 0.1) is 2.74 Å². The van der Waals surface area contributed by atoms with Crippen molar-refractivity contribution in [2.45, 2.75) is 19.7 Å². The number of hydrogen-bond acceptors (Lipinski definition) is 0. The van der Waals surface area contributed by atoms with Crippen LogP contribution in [-0.4, -0.2) is 0 Å². The Morgan fingerprint density at radius 3 is 3.86 bits per heavy atom. The first-order valence-corrected chi connectivity index (χ1v) is 2.14. The van der Waals surface area contributed by atoms with Crippen LogP contribution in [0.4, 0.5) is 0 Å². The highest BCUT2D eigenvalue weighted by molar-refractivity contribution is 5.15. The Labute approximate surface area is 53.0 Å². The van der Waals surface area contributed by atoms with Crippen LogP contribution in [0, 0.1) is 0 Å². The summed E-state index contributed by atoms with van der Waals surface area (Å²) in [6.07, 6.45) is 0.735. The van der Waals surface area contributed by atoms with E-state index in [-0.39, 0.29) is 24.1 Å². The van der Waals surface area contributed by atoms with E-state index in [0.29, 0.717) is 0 Å². The van der Waals surface area contributed by atoms with Crippen molar-refractivity contribution in [3.8, 4) is 0 Å². The molecule has 1 rings (SSSR count). The van der Waals surface area contributed by atoms with Gasteiger partial charge >= 0.3 is 0 Å². The first-order valence-electron chi connectivity index (χ1n) is 5.22. The fourth-order valence-corrected chi connectivity index (χ4v) is 0.416. The van der Waals surface area contributed by atoms with Gasteiger partial charge in [-0.3, -0.25) is 0 Å². The average Bonchev–Trinajstić information content (AvgIpc) is 1.95. The average molecular weight is 100 g/mol. The van der Waals surface area contributed by atoms with Crippen molar-refractivity contribution in [1.82, 2.24) is 0 Å². The van der Waals surface area contributed by atoms with Gasteiger partial charge in [-0.15, -0.1) is 0 Å². The maximum atomic E-state index is 7.44. The molecule has 0 bridgehead atoms. The smallest absolute Gasteiger partial charge is 0.0622 e. The fourth-order valence-electron chi connectivity index (χ4n) is 0.416. The summed E-state index contributed by atoms with van der Waals surface area (Å²) in [5.74, 6) is 0. The molecule has 0 aromatic heterocycles. The Morgan fingerprint density at radius 2 is 3.14 bits per heavy atom. The van der Waals surface area contributed by atoms with E-state index in [1.54, 1.807) is 0 Å². The summed E-state index contributed by atoms with van der Waals surface area (Å²) in [5.41, 5.74) is -0.208. The molecule has 0 N–H and O–H groups in total. The molecule has 0 aromatic rings. The molecule has 38 valence electrons. The lowest BCUT2D eigenvalue weighted by Crippen LogP contribution is -1.78. The molecule has 0 radical (unpaired) electrons. The highest BCUT2D eigenvalue weighted by atomic mass is 13.9. The lowest BCUT2D eigenvalue weighted by molar-refractivity contribution is 0.962. The van der Waals surface area contributed by atoms with Crippen LogP contribution in [0.15, 0.2) is 23.8 Å². The number of allylic oxidation sites excluding steroid dienone is 4. The van der Waals surface area contributed by atoms with Gasteiger partial charge in [0.2, 0.25) is 0 Å². The molecule has 0 saturated carbocycles. The largest absolute Gasteiger partial charge is 0.0842 e. The number of rotatable bonds is 0.